The Morgan fingerprint density at radius 2 is 2.22 bits per heavy atom. The highest BCUT2D eigenvalue weighted by atomic mass is 19.1. The highest BCUT2D eigenvalue weighted by Crippen LogP contribution is 2.37. The number of anilines is 1. The molecule has 2 aromatic rings. The smallest absolute Gasteiger partial charge is 0.274 e. The predicted molar refractivity (Wildman–Crippen MR) is 93.1 cm³/mol. The molecule has 0 spiro atoms. The number of carbonyl (C=O) groups is 1. The average molecular weight is 371 g/mol. The summed E-state index contributed by atoms with van der Waals surface area (Å²) in [4.78, 5) is 20.2. The number of carbonyl (C=O) groups excluding carboxylic acids is 1. The molecule has 9 heteroatoms. The Balaban J connectivity index is 1.90. The molecule has 0 bridgehead atoms. The van der Waals surface area contributed by atoms with Gasteiger partial charge in [0, 0.05) is 17.4 Å². The molecule has 3 rings (SSSR count). The molecule has 2 heterocycles. The normalized spacial score (nSPS) is 21.9. The number of nitrogens with zero attached hydrogens (tertiary/aromatic N) is 3. The fourth-order valence-corrected chi connectivity index (χ4v) is 2.66. The largest absolute Gasteiger partial charge is 0.385 e. The van der Waals surface area contributed by atoms with Gasteiger partial charge in [0.15, 0.2) is 0 Å². The van der Waals surface area contributed by atoms with Crippen LogP contribution in [0.25, 0.3) is 0 Å². The number of aromatic nitrogens is 1. The molecule has 0 unspecified atom stereocenters. The summed E-state index contributed by atoms with van der Waals surface area (Å²) in [5.74, 6) is -1.24. The number of aliphatic imine (C=N–C) groups is 1. The first-order valence-corrected chi connectivity index (χ1v) is 7.91. The van der Waals surface area contributed by atoms with Gasteiger partial charge in [0.2, 0.25) is 6.36 Å². The fraction of sp³-hybridized carbons (Fsp3) is 0.222. The van der Waals surface area contributed by atoms with Crippen LogP contribution >= 0.6 is 0 Å². The zero-order valence-corrected chi connectivity index (χ0v) is 14.2. The summed E-state index contributed by atoms with van der Waals surface area (Å²) in [7, 11) is 0. The maximum Gasteiger partial charge on any atom is 0.274 e. The fourth-order valence-electron chi connectivity index (χ4n) is 2.66. The van der Waals surface area contributed by atoms with Crippen molar-refractivity contribution in [2.75, 3.05) is 11.9 Å². The molecule has 0 saturated carbocycles. The number of amidine groups is 1. The molecule has 1 aromatic heterocycles. The van der Waals surface area contributed by atoms with E-state index < -0.39 is 23.6 Å². The van der Waals surface area contributed by atoms with Crippen LogP contribution in [0.2, 0.25) is 0 Å². The highest BCUT2D eigenvalue weighted by Gasteiger charge is 2.42. The Bertz CT molecular complexity index is 955. The molecule has 2 atom stereocenters. The van der Waals surface area contributed by atoms with E-state index in [4.69, 9.17) is 15.7 Å². The van der Waals surface area contributed by atoms with Crippen molar-refractivity contribution in [2.45, 2.75) is 18.8 Å². The van der Waals surface area contributed by atoms with E-state index in [1.165, 1.54) is 37.4 Å². The molecular weight excluding hydrogens is 356 g/mol. The van der Waals surface area contributed by atoms with E-state index in [1.807, 2.05) is 6.07 Å². The van der Waals surface area contributed by atoms with Crippen LogP contribution in [0.15, 0.2) is 41.5 Å². The Labute approximate surface area is 153 Å². The molecule has 1 aliphatic rings. The maximum atomic E-state index is 14.4. The lowest BCUT2D eigenvalue weighted by Crippen LogP contribution is -2.43. The standard InChI is InChI=1S/C18H15F2N5O2/c1-18(17(20)27-9-15(22)25-18)12-6-11(3-4-13(12)19)24-16(26)14-5-2-10(7-21)8-23-14/h2-6,8,17H,9H2,1H3,(H2,22,25)(H,24,26)/t17-,18+/m0/s1. The average Bonchev–Trinajstić information content (AvgIpc) is 2.66. The van der Waals surface area contributed by atoms with Gasteiger partial charge >= 0.3 is 0 Å². The van der Waals surface area contributed by atoms with Crippen molar-refractivity contribution in [3.05, 3.63) is 59.2 Å². The van der Waals surface area contributed by atoms with E-state index in [0.717, 1.165) is 6.07 Å². The zero-order valence-electron chi connectivity index (χ0n) is 14.2. The van der Waals surface area contributed by atoms with E-state index >= 15 is 0 Å². The quantitative estimate of drug-likeness (QED) is 0.859. The van der Waals surface area contributed by atoms with Crippen LogP contribution in [-0.4, -0.2) is 29.7 Å². The van der Waals surface area contributed by atoms with Crippen molar-refractivity contribution in [3.63, 3.8) is 0 Å². The third-order valence-corrected chi connectivity index (χ3v) is 4.09. The SMILES string of the molecule is C[C@]1(c2cc(NC(=O)c3ccc(C#N)cn3)ccc2F)N=C(N)CO[C@@H]1F. The number of rotatable bonds is 3. The van der Waals surface area contributed by atoms with Gasteiger partial charge in [-0.3, -0.25) is 9.79 Å². The third kappa shape index (κ3) is 3.61. The first kappa shape index (κ1) is 18.4. The molecule has 7 nitrogen and oxygen atoms in total. The number of nitrogens with one attached hydrogen (secondary N) is 1. The predicted octanol–water partition coefficient (Wildman–Crippen LogP) is 2.24. The first-order valence-electron chi connectivity index (χ1n) is 7.91. The lowest BCUT2D eigenvalue weighted by molar-refractivity contribution is -0.0805. The van der Waals surface area contributed by atoms with Crippen LogP contribution in [0.1, 0.15) is 28.5 Å². The van der Waals surface area contributed by atoms with Gasteiger partial charge in [-0.15, -0.1) is 0 Å². The Kier molecular flexibility index (Phi) is 4.83. The number of alkyl halides is 1. The summed E-state index contributed by atoms with van der Waals surface area (Å²) in [6, 6.07) is 8.43. The van der Waals surface area contributed by atoms with E-state index in [9.17, 15) is 13.6 Å². The van der Waals surface area contributed by atoms with Crippen LogP contribution in [-0.2, 0) is 10.3 Å². The summed E-state index contributed by atoms with van der Waals surface area (Å²) in [6.07, 6.45) is -0.637. The van der Waals surface area contributed by atoms with Gasteiger partial charge in [-0.2, -0.15) is 5.26 Å². The maximum absolute atomic E-state index is 14.4. The number of hydrogen-bond donors (Lipinski definition) is 2. The van der Waals surface area contributed by atoms with E-state index in [1.54, 1.807) is 0 Å². The van der Waals surface area contributed by atoms with Crippen molar-refractivity contribution in [1.82, 2.24) is 4.98 Å². The number of nitrogens with two attached hydrogens (primary N) is 1. The summed E-state index contributed by atoms with van der Waals surface area (Å²) in [5.41, 5.74) is 4.42. The van der Waals surface area contributed by atoms with Crippen molar-refractivity contribution in [3.8, 4) is 6.07 Å². The van der Waals surface area contributed by atoms with Crippen molar-refractivity contribution < 1.29 is 18.3 Å². The Morgan fingerprint density at radius 1 is 1.44 bits per heavy atom. The molecule has 138 valence electrons. The number of amides is 1. The van der Waals surface area contributed by atoms with Gasteiger partial charge in [0.1, 0.15) is 35.6 Å². The molecule has 27 heavy (non-hydrogen) atoms. The minimum absolute atomic E-state index is 0.0435. The Morgan fingerprint density at radius 3 is 2.89 bits per heavy atom. The van der Waals surface area contributed by atoms with Crippen LogP contribution in [0.4, 0.5) is 14.5 Å². The van der Waals surface area contributed by atoms with Crippen LogP contribution in [0, 0.1) is 17.1 Å². The van der Waals surface area contributed by atoms with Crippen LogP contribution in [0.5, 0.6) is 0 Å². The van der Waals surface area contributed by atoms with Crippen LogP contribution in [0.3, 0.4) is 0 Å². The van der Waals surface area contributed by atoms with Gasteiger partial charge in [-0.1, -0.05) is 0 Å². The second kappa shape index (κ2) is 7.09. The number of nitriles is 1. The summed E-state index contributed by atoms with van der Waals surface area (Å²) in [6.45, 7) is 1.18. The van der Waals surface area contributed by atoms with Gasteiger partial charge in [0.25, 0.3) is 5.91 Å². The summed E-state index contributed by atoms with van der Waals surface area (Å²) < 4.78 is 33.6. The molecule has 1 amide bonds. The minimum atomic E-state index is -1.90. The van der Waals surface area contributed by atoms with Crippen molar-refractivity contribution >= 4 is 17.4 Å². The number of ether oxygens (including phenoxy) is 1. The highest BCUT2D eigenvalue weighted by molar-refractivity contribution is 6.02. The number of hydrogen-bond acceptors (Lipinski definition) is 6. The topological polar surface area (TPSA) is 113 Å². The van der Waals surface area contributed by atoms with E-state index in [2.05, 4.69) is 15.3 Å². The monoisotopic (exact) mass is 371 g/mol. The molecule has 1 aliphatic heterocycles. The number of halogens is 2. The lowest BCUT2D eigenvalue weighted by Gasteiger charge is -2.33. The van der Waals surface area contributed by atoms with Gasteiger partial charge in [-0.05, 0) is 37.3 Å². The molecule has 0 fully saturated rings. The van der Waals surface area contributed by atoms with Crippen molar-refractivity contribution in [2.24, 2.45) is 10.7 Å². The zero-order chi connectivity index (χ0) is 19.6. The van der Waals surface area contributed by atoms with Gasteiger partial charge < -0.3 is 15.8 Å². The molecular formula is C18H15F2N5O2. The minimum Gasteiger partial charge on any atom is -0.385 e. The number of benzene rings is 1. The molecule has 0 saturated heterocycles. The Hall–Kier alpha value is -3.38. The molecule has 3 N–H and O–H groups in total. The molecule has 1 aromatic carbocycles. The molecule has 0 aliphatic carbocycles. The van der Waals surface area contributed by atoms with Crippen LogP contribution < -0.4 is 11.1 Å². The summed E-state index contributed by atoms with van der Waals surface area (Å²) >= 11 is 0. The first-order chi connectivity index (χ1) is 12.8. The van der Waals surface area contributed by atoms with E-state index in [-0.39, 0.29) is 29.4 Å². The van der Waals surface area contributed by atoms with Crippen molar-refractivity contribution in [1.29, 1.82) is 5.26 Å². The number of pyridine rings is 1. The summed E-state index contributed by atoms with van der Waals surface area (Å²) in [5, 5.41) is 11.3. The second-order valence-electron chi connectivity index (χ2n) is 6.07. The second-order valence-corrected chi connectivity index (χ2v) is 6.07. The van der Waals surface area contributed by atoms with Gasteiger partial charge in [-0.25, -0.2) is 13.8 Å². The third-order valence-electron chi connectivity index (χ3n) is 4.09. The van der Waals surface area contributed by atoms with E-state index in [0.29, 0.717) is 5.56 Å². The molecule has 0 radical (unpaired) electrons. The lowest BCUT2D eigenvalue weighted by atomic mass is 9.90. The van der Waals surface area contributed by atoms with Gasteiger partial charge in [0.05, 0.1) is 5.56 Å².